The van der Waals surface area contributed by atoms with Crippen molar-refractivity contribution in [3.8, 4) is 6.07 Å². The molecule has 2 heterocycles. The first-order valence-electron chi connectivity index (χ1n) is 8.87. The van der Waals surface area contributed by atoms with Crippen molar-refractivity contribution < 1.29 is 9.59 Å². The summed E-state index contributed by atoms with van der Waals surface area (Å²) in [6.45, 7) is 2.22. The molecule has 1 aromatic heterocycles. The Morgan fingerprint density at radius 2 is 2.00 bits per heavy atom. The van der Waals surface area contributed by atoms with E-state index in [4.69, 9.17) is 5.26 Å². The second kappa shape index (κ2) is 8.34. The zero-order valence-corrected chi connectivity index (χ0v) is 14.6. The Morgan fingerprint density at radius 3 is 2.77 bits per heavy atom. The molecule has 6 nitrogen and oxygen atoms in total. The van der Waals surface area contributed by atoms with Crippen LogP contribution in [0.25, 0.3) is 17.0 Å². The molecule has 2 aromatic rings. The fourth-order valence-electron chi connectivity index (χ4n) is 3.23. The van der Waals surface area contributed by atoms with Crippen molar-refractivity contribution in [2.45, 2.75) is 25.8 Å². The number of likely N-dealkylation sites (tertiary alicyclic amines) is 1. The zero-order chi connectivity index (χ0) is 18.4. The molecular weight excluding hydrogens is 328 g/mol. The van der Waals surface area contributed by atoms with Gasteiger partial charge in [-0.15, -0.1) is 0 Å². The van der Waals surface area contributed by atoms with Crippen LogP contribution in [0.2, 0.25) is 0 Å². The minimum Gasteiger partial charge on any atom is -0.346 e. The highest BCUT2D eigenvalue weighted by atomic mass is 16.2. The summed E-state index contributed by atoms with van der Waals surface area (Å²) in [6.07, 6.45) is 7.65. The van der Waals surface area contributed by atoms with E-state index < -0.39 is 0 Å². The van der Waals surface area contributed by atoms with Gasteiger partial charge in [-0.3, -0.25) is 9.59 Å². The maximum atomic E-state index is 12.0. The number of aromatic nitrogens is 1. The third kappa shape index (κ3) is 4.12. The molecule has 1 saturated heterocycles. The molecule has 0 saturated carbocycles. The molecule has 3 rings (SSSR count). The number of aryl methyl sites for hydroxylation is 1. The van der Waals surface area contributed by atoms with Crippen molar-refractivity contribution >= 4 is 28.8 Å². The SMILES string of the molecule is N#CCCn1cc(/C=C/C(=O)NCC(=O)N2CCCC2)c2ccccc21. The third-order valence-corrected chi connectivity index (χ3v) is 4.57. The van der Waals surface area contributed by atoms with Crippen molar-refractivity contribution in [3.05, 3.63) is 42.1 Å². The number of carbonyl (C=O) groups is 2. The molecule has 1 aliphatic rings. The number of rotatable bonds is 6. The van der Waals surface area contributed by atoms with Crippen molar-refractivity contribution in [3.63, 3.8) is 0 Å². The quantitative estimate of drug-likeness (QED) is 0.812. The number of benzene rings is 1. The molecule has 0 aliphatic carbocycles. The lowest BCUT2D eigenvalue weighted by atomic mass is 10.1. The lowest BCUT2D eigenvalue weighted by Gasteiger charge is -2.14. The number of fused-ring (bicyclic) bond motifs is 1. The third-order valence-electron chi connectivity index (χ3n) is 4.57. The monoisotopic (exact) mass is 350 g/mol. The number of hydrogen-bond donors (Lipinski definition) is 1. The minimum atomic E-state index is -0.286. The number of carbonyl (C=O) groups excluding carboxylic acids is 2. The molecule has 6 heteroatoms. The summed E-state index contributed by atoms with van der Waals surface area (Å²) in [4.78, 5) is 25.8. The van der Waals surface area contributed by atoms with Crippen LogP contribution >= 0.6 is 0 Å². The van der Waals surface area contributed by atoms with Gasteiger partial charge in [0.1, 0.15) is 0 Å². The largest absolute Gasteiger partial charge is 0.346 e. The summed E-state index contributed by atoms with van der Waals surface area (Å²) in [5.74, 6) is -0.316. The predicted molar refractivity (Wildman–Crippen MR) is 100 cm³/mol. The highest BCUT2D eigenvalue weighted by molar-refractivity contribution is 5.97. The van der Waals surface area contributed by atoms with E-state index in [2.05, 4.69) is 11.4 Å². The first-order chi connectivity index (χ1) is 12.7. The van der Waals surface area contributed by atoms with Gasteiger partial charge in [-0.25, -0.2) is 0 Å². The molecule has 0 atom stereocenters. The van der Waals surface area contributed by atoms with E-state index >= 15 is 0 Å². The van der Waals surface area contributed by atoms with Crippen molar-refractivity contribution in [2.75, 3.05) is 19.6 Å². The van der Waals surface area contributed by atoms with Gasteiger partial charge in [0.05, 0.1) is 19.0 Å². The van der Waals surface area contributed by atoms with E-state index in [9.17, 15) is 9.59 Å². The Morgan fingerprint density at radius 1 is 1.23 bits per heavy atom. The van der Waals surface area contributed by atoms with E-state index in [-0.39, 0.29) is 18.4 Å². The van der Waals surface area contributed by atoms with Crippen LogP contribution in [0.4, 0.5) is 0 Å². The van der Waals surface area contributed by atoms with Crippen LogP contribution in [0.5, 0.6) is 0 Å². The molecule has 0 radical (unpaired) electrons. The summed E-state index contributed by atoms with van der Waals surface area (Å²) in [7, 11) is 0. The molecule has 1 N–H and O–H groups in total. The molecule has 1 aromatic carbocycles. The van der Waals surface area contributed by atoms with Crippen molar-refractivity contribution in [1.29, 1.82) is 5.26 Å². The van der Waals surface area contributed by atoms with Gasteiger partial charge < -0.3 is 14.8 Å². The Labute approximate surface area is 152 Å². The Balaban J connectivity index is 1.65. The Kier molecular flexibility index (Phi) is 5.69. The number of nitrogens with zero attached hydrogens (tertiary/aromatic N) is 3. The Bertz CT molecular complexity index is 870. The van der Waals surface area contributed by atoms with E-state index in [1.54, 1.807) is 11.0 Å². The lowest BCUT2D eigenvalue weighted by Crippen LogP contribution is -2.38. The molecule has 0 unspecified atom stereocenters. The molecule has 2 amide bonds. The fourth-order valence-corrected chi connectivity index (χ4v) is 3.23. The van der Waals surface area contributed by atoms with Gasteiger partial charge in [0, 0.05) is 48.4 Å². The average Bonchev–Trinajstić information content (AvgIpc) is 3.31. The maximum Gasteiger partial charge on any atom is 0.244 e. The van der Waals surface area contributed by atoms with Crippen LogP contribution in [0.15, 0.2) is 36.5 Å². The normalized spacial score (nSPS) is 14.0. The molecule has 0 bridgehead atoms. The Hall–Kier alpha value is -3.07. The van der Waals surface area contributed by atoms with E-state index in [0.29, 0.717) is 13.0 Å². The van der Waals surface area contributed by atoms with Gasteiger partial charge in [-0.05, 0) is 25.0 Å². The summed E-state index contributed by atoms with van der Waals surface area (Å²) in [5, 5.41) is 12.5. The average molecular weight is 350 g/mol. The second-order valence-electron chi connectivity index (χ2n) is 6.34. The summed E-state index contributed by atoms with van der Waals surface area (Å²) >= 11 is 0. The summed E-state index contributed by atoms with van der Waals surface area (Å²) < 4.78 is 2.02. The number of nitrogens with one attached hydrogen (secondary N) is 1. The summed E-state index contributed by atoms with van der Waals surface area (Å²) in [5.41, 5.74) is 1.95. The highest BCUT2D eigenvalue weighted by Crippen LogP contribution is 2.22. The minimum absolute atomic E-state index is 0.0302. The molecule has 134 valence electrons. The van der Waals surface area contributed by atoms with E-state index in [1.807, 2.05) is 35.0 Å². The number of hydrogen-bond acceptors (Lipinski definition) is 3. The smallest absolute Gasteiger partial charge is 0.244 e. The van der Waals surface area contributed by atoms with E-state index in [1.165, 1.54) is 6.08 Å². The first kappa shape index (κ1) is 17.7. The van der Waals surface area contributed by atoms with Crippen LogP contribution in [-0.4, -0.2) is 40.9 Å². The number of para-hydroxylation sites is 1. The molecule has 1 aliphatic heterocycles. The first-order valence-corrected chi connectivity index (χ1v) is 8.87. The standard InChI is InChI=1S/C20H22N4O2/c21-10-5-13-24-15-16(17-6-1-2-7-18(17)24)8-9-19(25)22-14-20(26)23-11-3-4-12-23/h1-2,6-9,15H,3-5,11-14H2,(H,22,25)/b9-8+. The van der Waals surface area contributed by atoms with Crippen LogP contribution in [0, 0.1) is 11.3 Å². The lowest BCUT2D eigenvalue weighted by molar-refractivity contribution is -0.131. The second-order valence-corrected chi connectivity index (χ2v) is 6.34. The fraction of sp³-hybridized carbons (Fsp3) is 0.350. The summed E-state index contributed by atoms with van der Waals surface area (Å²) in [6, 6.07) is 10.0. The predicted octanol–water partition coefficient (Wildman–Crippen LogP) is 2.31. The highest BCUT2D eigenvalue weighted by Gasteiger charge is 2.17. The van der Waals surface area contributed by atoms with Crippen molar-refractivity contribution in [1.82, 2.24) is 14.8 Å². The van der Waals surface area contributed by atoms with Gasteiger partial charge in [0.2, 0.25) is 11.8 Å². The number of amides is 2. The molecule has 0 spiro atoms. The van der Waals surface area contributed by atoms with Crippen LogP contribution in [-0.2, 0) is 16.1 Å². The molecular formula is C20H22N4O2. The molecule has 26 heavy (non-hydrogen) atoms. The topological polar surface area (TPSA) is 78.1 Å². The number of nitriles is 1. The van der Waals surface area contributed by atoms with Crippen LogP contribution in [0.1, 0.15) is 24.8 Å². The van der Waals surface area contributed by atoms with Gasteiger partial charge in [-0.1, -0.05) is 18.2 Å². The molecule has 1 fully saturated rings. The van der Waals surface area contributed by atoms with E-state index in [0.717, 1.165) is 42.4 Å². The maximum absolute atomic E-state index is 12.0. The van der Waals surface area contributed by atoms with Gasteiger partial charge in [-0.2, -0.15) is 5.26 Å². The van der Waals surface area contributed by atoms with Crippen LogP contribution < -0.4 is 5.32 Å². The van der Waals surface area contributed by atoms with Gasteiger partial charge in [0.25, 0.3) is 0 Å². The van der Waals surface area contributed by atoms with Crippen LogP contribution in [0.3, 0.4) is 0 Å². The van der Waals surface area contributed by atoms with Gasteiger partial charge >= 0.3 is 0 Å². The zero-order valence-electron chi connectivity index (χ0n) is 14.6. The van der Waals surface area contributed by atoms with Gasteiger partial charge in [0.15, 0.2) is 0 Å². The van der Waals surface area contributed by atoms with Crippen molar-refractivity contribution in [2.24, 2.45) is 0 Å².